The number of nitrogens with one attached hydrogen (secondary N) is 1. The van der Waals surface area contributed by atoms with Crippen LogP contribution in [0.3, 0.4) is 0 Å². The first-order valence-corrected chi connectivity index (χ1v) is 9.06. The highest BCUT2D eigenvalue weighted by atomic mass is 16.5. The zero-order chi connectivity index (χ0) is 20.4. The van der Waals surface area contributed by atoms with Gasteiger partial charge in [0.1, 0.15) is 0 Å². The molecular weight excluding hydrogens is 368 g/mol. The molecule has 8 heteroatoms. The molecule has 0 bridgehead atoms. The Hall–Kier alpha value is -3.94. The van der Waals surface area contributed by atoms with Crippen LogP contribution in [0.25, 0.3) is 16.9 Å². The molecule has 0 aliphatic heterocycles. The number of amides is 1. The first-order chi connectivity index (χ1) is 14.1. The molecule has 2 aromatic heterocycles. The smallest absolute Gasteiger partial charge is 0.253 e. The van der Waals surface area contributed by atoms with Crippen molar-refractivity contribution < 1.29 is 9.53 Å². The van der Waals surface area contributed by atoms with Crippen molar-refractivity contribution in [2.75, 3.05) is 12.4 Å². The summed E-state index contributed by atoms with van der Waals surface area (Å²) in [4.78, 5) is 20.9. The van der Waals surface area contributed by atoms with Crippen LogP contribution >= 0.6 is 0 Å². The third-order valence-electron chi connectivity index (χ3n) is 4.60. The van der Waals surface area contributed by atoms with Gasteiger partial charge in [0.2, 0.25) is 5.91 Å². The molecule has 0 aliphatic rings. The molecule has 8 nitrogen and oxygen atoms in total. The summed E-state index contributed by atoms with van der Waals surface area (Å²) >= 11 is 0. The summed E-state index contributed by atoms with van der Waals surface area (Å²) < 4.78 is 7.08. The Morgan fingerprint density at radius 1 is 1.14 bits per heavy atom. The van der Waals surface area contributed by atoms with Crippen LogP contribution in [0.5, 0.6) is 5.75 Å². The molecule has 0 unspecified atom stereocenters. The summed E-state index contributed by atoms with van der Waals surface area (Å²) in [7, 11) is 1.58. The van der Waals surface area contributed by atoms with Gasteiger partial charge in [-0.25, -0.2) is 4.98 Å². The number of nitrogens with two attached hydrogens (primary N) is 1. The number of carbonyl (C=O) groups is 1. The maximum absolute atomic E-state index is 11.7. The number of hydrogen-bond acceptors (Lipinski definition) is 6. The summed E-state index contributed by atoms with van der Waals surface area (Å²) in [5.74, 6) is 0.996. The number of rotatable bonds is 6. The maximum Gasteiger partial charge on any atom is 0.253 e. The summed E-state index contributed by atoms with van der Waals surface area (Å²) in [5.41, 5.74) is 8.36. The Balaban J connectivity index is 1.77. The second-order valence-corrected chi connectivity index (χ2v) is 6.49. The molecule has 0 atom stereocenters. The van der Waals surface area contributed by atoms with Gasteiger partial charge in [0.25, 0.3) is 5.95 Å². The van der Waals surface area contributed by atoms with Gasteiger partial charge in [-0.15, -0.1) is 0 Å². The Bertz CT molecular complexity index is 1190. The van der Waals surface area contributed by atoms with E-state index in [-0.39, 0.29) is 0 Å². The standard InChI is InChI=1S/C21H20N6O2/c1-13-18(29-2)20(23-11-14-7-4-3-5-8-14)26-21(25-13)27-17-10-6-9-15(19(22)28)16(17)12-24-27/h3-10,12H,11H2,1-2H3,(H2,22,28)(H,23,25,26). The third kappa shape index (κ3) is 3.47. The van der Waals surface area contributed by atoms with Gasteiger partial charge in [-0.3, -0.25) is 4.79 Å². The van der Waals surface area contributed by atoms with Gasteiger partial charge in [-0.1, -0.05) is 36.4 Å². The zero-order valence-corrected chi connectivity index (χ0v) is 16.1. The SMILES string of the molecule is COc1c(C)nc(-n2ncc3c(C(N)=O)cccc32)nc1NCc1ccccc1. The van der Waals surface area contributed by atoms with Crippen LogP contribution in [-0.4, -0.2) is 32.8 Å². The summed E-state index contributed by atoms with van der Waals surface area (Å²) in [5, 5.41) is 8.34. The molecule has 146 valence electrons. The number of hydrogen-bond donors (Lipinski definition) is 2. The van der Waals surface area contributed by atoms with Crippen molar-refractivity contribution in [1.29, 1.82) is 0 Å². The van der Waals surface area contributed by atoms with E-state index in [1.165, 1.54) is 0 Å². The number of fused-ring (bicyclic) bond motifs is 1. The van der Waals surface area contributed by atoms with Crippen LogP contribution in [0.4, 0.5) is 5.82 Å². The van der Waals surface area contributed by atoms with Crippen molar-refractivity contribution in [3.63, 3.8) is 0 Å². The summed E-state index contributed by atoms with van der Waals surface area (Å²) in [6.07, 6.45) is 1.59. The van der Waals surface area contributed by atoms with Crippen LogP contribution in [0.1, 0.15) is 21.6 Å². The zero-order valence-electron chi connectivity index (χ0n) is 16.1. The molecule has 0 saturated heterocycles. The lowest BCUT2D eigenvalue weighted by Crippen LogP contribution is -2.12. The fourth-order valence-corrected chi connectivity index (χ4v) is 3.21. The number of methoxy groups -OCH3 is 1. The molecule has 3 N–H and O–H groups in total. The second-order valence-electron chi connectivity index (χ2n) is 6.49. The number of benzene rings is 2. The van der Waals surface area contributed by atoms with Gasteiger partial charge in [-0.05, 0) is 24.6 Å². The number of primary amides is 1. The van der Waals surface area contributed by atoms with Crippen LogP contribution < -0.4 is 15.8 Å². The lowest BCUT2D eigenvalue weighted by atomic mass is 10.1. The van der Waals surface area contributed by atoms with E-state index in [2.05, 4.69) is 20.4 Å². The molecule has 0 saturated carbocycles. The molecule has 0 fully saturated rings. The van der Waals surface area contributed by atoms with Crippen molar-refractivity contribution in [3.8, 4) is 11.7 Å². The van der Waals surface area contributed by atoms with Gasteiger partial charge < -0.3 is 15.8 Å². The molecule has 0 spiro atoms. The van der Waals surface area contributed by atoms with Crippen molar-refractivity contribution >= 4 is 22.6 Å². The fraction of sp³-hybridized carbons (Fsp3) is 0.143. The number of nitrogens with zero attached hydrogens (tertiary/aromatic N) is 4. The van der Waals surface area contributed by atoms with E-state index in [4.69, 9.17) is 10.5 Å². The first kappa shape index (κ1) is 18.4. The summed E-state index contributed by atoms with van der Waals surface area (Å²) in [6.45, 7) is 2.43. The van der Waals surface area contributed by atoms with Crippen LogP contribution in [0.2, 0.25) is 0 Å². The average molecular weight is 388 g/mol. The predicted molar refractivity (Wildman–Crippen MR) is 110 cm³/mol. The minimum absolute atomic E-state index is 0.371. The molecular formula is C21H20N6O2. The minimum Gasteiger partial charge on any atom is -0.491 e. The molecule has 2 heterocycles. The largest absolute Gasteiger partial charge is 0.491 e. The topological polar surface area (TPSA) is 108 Å². The highest BCUT2D eigenvalue weighted by Crippen LogP contribution is 2.28. The van der Waals surface area contributed by atoms with Crippen LogP contribution in [0.15, 0.2) is 54.7 Å². The Labute approximate surface area is 167 Å². The lowest BCUT2D eigenvalue weighted by Gasteiger charge is -2.14. The monoisotopic (exact) mass is 388 g/mol. The van der Waals surface area contributed by atoms with Gasteiger partial charge in [0.15, 0.2) is 11.6 Å². The number of aryl methyl sites for hydroxylation is 1. The third-order valence-corrected chi connectivity index (χ3v) is 4.60. The number of ether oxygens (including phenoxy) is 1. The molecule has 2 aromatic carbocycles. The van der Waals surface area contributed by atoms with E-state index in [0.717, 1.165) is 5.56 Å². The molecule has 1 amide bonds. The highest BCUT2D eigenvalue weighted by molar-refractivity contribution is 6.05. The number of anilines is 1. The normalized spacial score (nSPS) is 10.8. The molecule has 4 rings (SSSR count). The van der Waals surface area contributed by atoms with E-state index in [9.17, 15) is 4.79 Å². The quantitative estimate of drug-likeness (QED) is 0.526. The minimum atomic E-state index is -0.507. The van der Waals surface area contributed by atoms with E-state index in [0.29, 0.717) is 46.2 Å². The van der Waals surface area contributed by atoms with E-state index in [1.54, 1.807) is 30.1 Å². The fourth-order valence-electron chi connectivity index (χ4n) is 3.21. The Kier molecular flexibility index (Phi) is 4.82. The van der Waals surface area contributed by atoms with Crippen molar-refractivity contribution in [2.45, 2.75) is 13.5 Å². The van der Waals surface area contributed by atoms with Gasteiger partial charge in [0.05, 0.1) is 30.1 Å². The summed E-state index contributed by atoms with van der Waals surface area (Å²) in [6, 6.07) is 15.3. The van der Waals surface area contributed by atoms with Crippen molar-refractivity contribution in [3.05, 3.63) is 71.5 Å². The highest BCUT2D eigenvalue weighted by Gasteiger charge is 2.17. The lowest BCUT2D eigenvalue weighted by molar-refractivity contribution is 0.100. The van der Waals surface area contributed by atoms with Gasteiger partial charge in [-0.2, -0.15) is 14.8 Å². The average Bonchev–Trinajstić information content (AvgIpc) is 3.16. The maximum atomic E-state index is 11.7. The molecule has 0 radical (unpaired) electrons. The van der Waals surface area contributed by atoms with Crippen LogP contribution in [0, 0.1) is 6.92 Å². The van der Waals surface area contributed by atoms with Crippen LogP contribution in [-0.2, 0) is 6.54 Å². The van der Waals surface area contributed by atoms with E-state index < -0.39 is 5.91 Å². The van der Waals surface area contributed by atoms with E-state index in [1.807, 2.05) is 43.3 Å². The molecule has 0 aliphatic carbocycles. The Morgan fingerprint density at radius 3 is 2.66 bits per heavy atom. The van der Waals surface area contributed by atoms with E-state index >= 15 is 0 Å². The molecule has 29 heavy (non-hydrogen) atoms. The van der Waals surface area contributed by atoms with Crippen molar-refractivity contribution in [1.82, 2.24) is 19.7 Å². The number of aromatic nitrogens is 4. The first-order valence-electron chi connectivity index (χ1n) is 9.06. The second kappa shape index (κ2) is 7.59. The van der Waals surface area contributed by atoms with Crippen molar-refractivity contribution in [2.24, 2.45) is 5.73 Å². The van der Waals surface area contributed by atoms with Gasteiger partial charge >= 0.3 is 0 Å². The Morgan fingerprint density at radius 2 is 1.93 bits per heavy atom. The number of carbonyl (C=O) groups excluding carboxylic acids is 1. The van der Waals surface area contributed by atoms with Gasteiger partial charge in [0, 0.05) is 11.9 Å². The predicted octanol–water partition coefficient (Wildman–Crippen LogP) is 2.84. The molecule has 4 aromatic rings.